The summed E-state index contributed by atoms with van der Waals surface area (Å²) in [6, 6.07) is 1.07. The van der Waals surface area contributed by atoms with Gasteiger partial charge in [-0.2, -0.15) is 5.10 Å². The number of carbonyl (C=O) groups is 1. The van der Waals surface area contributed by atoms with Gasteiger partial charge in [0.15, 0.2) is 11.6 Å². The maximum absolute atomic E-state index is 13.7. The lowest BCUT2D eigenvalue weighted by atomic mass is 10.2. The summed E-state index contributed by atoms with van der Waals surface area (Å²) in [6.45, 7) is 2.54. The van der Waals surface area contributed by atoms with E-state index in [4.69, 9.17) is 9.84 Å². The van der Waals surface area contributed by atoms with Gasteiger partial charge in [-0.05, 0) is 13.0 Å². The number of aromatic nitrogens is 3. The maximum Gasteiger partial charge on any atom is 0.338 e. The summed E-state index contributed by atoms with van der Waals surface area (Å²) in [5.74, 6) is -2.46. The first-order valence-electron chi connectivity index (χ1n) is 5.20. The minimum absolute atomic E-state index is 0.297. The summed E-state index contributed by atoms with van der Waals surface area (Å²) < 4.78 is 20.4. The Morgan fingerprint density at radius 3 is 3.00 bits per heavy atom. The quantitative estimate of drug-likeness (QED) is 0.898. The highest BCUT2D eigenvalue weighted by atomic mass is 19.1. The first-order valence-corrected chi connectivity index (χ1v) is 5.20. The van der Waals surface area contributed by atoms with Crippen LogP contribution >= 0.6 is 0 Å². The number of aromatic carboxylic acids is 1. The second-order valence-corrected chi connectivity index (χ2v) is 3.42. The van der Waals surface area contributed by atoms with Crippen LogP contribution in [0.15, 0.2) is 24.7 Å². The molecule has 2 aromatic rings. The van der Waals surface area contributed by atoms with Crippen LogP contribution in [0.2, 0.25) is 0 Å². The van der Waals surface area contributed by atoms with Crippen LogP contribution in [-0.2, 0) is 6.54 Å². The molecule has 0 fully saturated rings. The molecule has 0 aliphatic heterocycles. The zero-order valence-corrected chi connectivity index (χ0v) is 9.50. The number of carboxylic acids is 1. The van der Waals surface area contributed by atoms with Gasteiger partial charge in [-0.1, -0.05) is 0 Å². The topological polar surface area (TPSA) is 77.2 Å². The van der Waals surface area contributed by atoms with Gasteiger partial charge in [0, 0.05) is 12.7 Å². The number of halogens is 1. The Labute approximate surface area is 102 Å². The highest BCUT2D eigenvalue weighted by molar-refractivity contribution is 5.88. The number of rotatable bonds is 4. The fourth-order valence-electron chi connectivity index (χ4n) is 1.34. The molecular formula is C11H10FN3O3. The molecule has 0 aromatic carbocycles. The smallest absolute Gasteiger partial charge is 0.338 e. The van der Waals surface area contributed by atoms with Crippen molar-refractivity contribution in [3.8, 4) is 11.6 Å². The van der Waals surface area contributed by atoms with E-state index in [0.29, 0.717) is 12.3 Å². The fraction of sp³-hybridized carbons (Fsp3) is 0.182. The van der Waals surface area contributed by atoms with Crippen molar-refractivity contribution < 1.29 is 19.0 Å². The van der Waals surface area contributed by atoms with Crippen LogP contribution in [0.5, 0.6) is 11.6 Å². The first-order chi connectivity index (χ1) is 8.61. The van der Waals surface area contributed by atoms with Crippen LogP contribution in [0.1, 0.15) is 17.3 Å². The second kappa shape index (κ2) is 4.82. The number of pyridine rings is 1. The largest absolute Gasteiger partial charge is 0.478 e. The van der Waals surface area contributed by atoms with E-state index in [1.54, 1.807) is 10.9 Å². The Balaban J connectivity index is 2.29. The molecule has 94 valence electrons. The van der Waals surface area contributed by atoms with Gasteiger partial charge in [-0.25, -0.2) is 14.2 Å². The number of nitrogens with zero attached hydrogens (tertiary/aromatic N) is 3. The van der Waals surface area contributed by atoms with E-state index >= 15 is 0 Å². The van der Waals surface area contributed by atoms with Crippen LogP contribution in [-0.4, -0.2) is 25.8 Å². The zero-order valence-electron chi connectivity index (χ0n) is 9.50. The summed E-state index contributed by atoms with van der Waals surface area (Å²) in [4.78, 5) is 14.4. The minimum atomic E-state index is -1.37. The number of hydrogen-bond acceptors (Lipinski definition) is 4. The van der Waals surface area contributed by atoms with E-state index in [2.05, 4.69) is 10.1 Å². The van der Waals surface area contributed by atoms with Crippen LogP contribution < -0.4 is 4.74 Å². The number of aryl methyl sites for hydroxylation is 1. The van der Waals surface area contributed by atoms with Crippen molar-refractivity contribution in [1.29, 1.82) is 0 Å². The Morgan fingerprint density at radius 1 is 1.61 bits per heavy atom. The molecule has 0 amide bonds. The van der Waals surface area contributed by atoms with E-state index in [1.807, 2.05) is 6.92 Å². The molecule has 2 heterocycles. The molecule has 0 spiro atoms. The molecule has 0 aliphatic rings. The Bertz CT molecular complexity index is 583. The van der Waals surface area contributed by atoms with E-state index in [0.717, 1.165) is 6.07 Å². The molecule has 0 bridgehead atoms. The predicted octanol–water partition coefficient (Wildman–Crippen LogP) is 1.93. The molecule has 0 atom stereocenters. The lowest BCUT2D eigenvalue weighted by Gasteiger charge is -2.04. The molecule has 6 nitrogen and oxygen atoms in total. The molecule has 7 heteroatoms. The summed E-state index contributed by atoms with van der Waals surface area (Å²) >= 11 is 0. The average molecular weight is 251 g/mol. The van der Waals surface area contributed by atoms with E-state index in [-0.39, 0.29) is 5.88 Å². The Kier molecular flexibility index (Phi) is 3.22. The van der Waals surface area contributed by atoms with Crippen molar-refractivity contribution in [1.82, 2.24) is 14.8 Å². The number of ether oxygens (including phenoxy) is 1. The SMILES string of the molecule is CCn1cc(Oc2nccc(C(=O)O)c2F)cn1. The van der Waals surface area contributed by atoms with Gasteiger partial charge in [-0.15, -0.1) is 0 Å². The van der Waals surface area contributed by atoms with Gasteiger partial charge in [-0.3, -0.25) is 4.68 Å². The molecule has 0 aliphatic carbocycles. The first kappa shape index (κ1) is 12.0. The van der Waals surface area contributed by atoms with E-state index in [1.165, 1.54) is 12.4 Å². The molecule has 0 radical (unpaired) electrons. The molecule has 0 saturated heterocycles. The summed E-state index contributed by atoms with van der Waals surface area (Å²) in [6.07, 6.45) is 4.14. The van der Waals surface area contributed by atoms with Gasteiger partial charge in [0.2, 0.25) is 0 Å². The van der Waals surface area contributed by atoms with Crippen LogP contribution in [0.4, 0.5) is 4.39 Å². The highest BCUT2D eigenvalue weighted by Crippen LogP contribution is 2.23. The highest BCUT2D eigenvalue weighted by Gasteiger charge is 2.17. The average Bonchev–Trinajstić information content (AvgIpc) is 2.79. The Morgan fingerprint density at radius 2 is 2.39 bits per heavy atom. The van der Waals surface area contributed by atoms with Gasteiger partial charge in [0.1, 0.15) is 5.56 Å². The lowest BCUT2D eigenvalue weighted by Crippen LogP contribution is -2.03. The van der Waals surface area contributed by atoms with Gasteiger partial charge in [0.05, 0.1) is 12.4 Å². The van der Waals surface area contributed by atoms with Crippen molar-refractivity contribution in [2.45, 2.75) is 13.5 Å². The van der Waals surface area contributed by atoms with Crippen LogP contribution in [0.25, 0.3) is 0 Å². The zero-order chi connectivity index (χ0) is 13.1. The minimum Gasteiger partial charge on any atom is -0.478 e. The molecule has 0 saturated carbocycles. The summed E-state index contributed by atoms with van der Waals surface area (Å²) in [5, 5.41) is 12.7. The van der Waals surface area contributed by atoms with Crippen LogP contribution in [0.3, 0.4) is 0 Å². The van der Waals surface area contributed by atoms with Crippen molar-refractivity contribution in [2.75, 3.05) is 0 Å². The van der Waals surface area contributed by atoms with Gasteiger partial charge < -0.3 is 9.84 Å². The van der Waals surface area contributed by atoms with Gasteiger partial charge in [0.25, 0.3) is 5.88 Å². The molecule has 2 aromatic heterocycles. The van der Waals surface area contributed by atoms with Gasteiger partial charge >= 0.3 is 5.97 Å². The summed E-state index contributed by atoms with van der Waals surface area (Å²) in [7, 11) is 0. The molecule has 18 heavy (non-hydrogen) atoms. The van der Waals surface area contributed by atoms with Crippen molar-refractivity contribution in [3.05, 3.63) is 36.0 Å². The van der Waals surface area contributed by atoms with E-state index in [9.17, 15) is 9.18 Å². The van der Waals surface area contributed by atoms with E-state index < -0.39 is 17.3 Å². The van der Waals surface area contributed by atoms with Crippen molar-refractivity contribution >= 4 is 5.97 Å². The summed E-state index contributed by atoms with van der Waals surface area (Å²) in [5.41, 5.74) is -0.483. The maximum atomic E-state index is 13.7. The second-order valence-electron chi connectivity index (χ2n) is 3.42. The predicted molar refractivity (Wildman–Crippen MR) is 59.1 cm³/mol. The van der Waals surface area contributed by atoms with Crippen molar-refractivity contribution in [2.24, 2.45) is 0 Å². The molecule has 1 N–H and O–H groups in total. The molecule has 2 rings (SSSR count). The molecule has 0 unspecified atom stereocenters. The normalized spacial score (nSPS) is 10.3. The third-order valence-electron chi connectivity index (χ3n) is 2.24. The van der Waals surface area contributed by atoms with Crippen LogP contribution in [0, 0.1) is 5.82 Å². The standard InChI is InChI=1S/C11H10FN3O3/c1-2-15-6-7(5-14-15)18-10-9(12)8(11(16)17)3-4-13-10/h3-6H,2H2,1H3,(H,16,17). The monoisotopic (exact) mass is 251 g/mol. The van der Waals surface area contributed by atoms with Crippen molar-refractivity contribution in [3.63, 3.8) is 0 Å². The molecular weight excluding hydrogens is 241 g/mol. The Hall–Kier alpha value is -2.44. The number of carboxylic acid groups (broad SMARTS) is 1. The number of hydrogen-bond donors (Lipinski definition) is 1. The lowest BCUT2D eigenvalue weighted by molar-refractivity contribution is 0.0690. The fourth-order valence-corrected chi connectivity index (χ4v) is 1.34. The third-order valence-corrected chi connectivity index (χ3v) is 2.24. The third kappa shape index (κ3) is 2.29.